The van der Waals surface area contributed by atoms with E-state index in [4.69, 9.17) is 16.3 Å². The maximum absolute atomic E-state index is 14.2. The molecule has 0 aliphatic heterocycles. The highest BCUT2D eigenvalue weighted by Crippen LogP contribution is 2.35. The molecule has 0 bridgehead atoms. The van der Waals surface area contributed by atoms with Gasteiger partial charge in [0.15, 0.2) is 6.61 Å². The van der Waals surface area contributed by atoms with Crippen LogP contribution in [0.25, 0.3) is 0 Å². The number of anilines is 1. The summed E-state index contributed by atoms with van der Waals surface area (Å²) in [6.45, 7) is -0.415. The molecule has 0 aliphatic carbocycles. The summed E-state index contributed by atoms with van der Waals surface area (Å²) in [5, 5.41) is 6.48. The molecule has 0 spiro atoms. The molecule has 3 rings (SSSR count). The number of halogens is 3. The molecule has 0 saturated carbocycles. The topological polar surface area (TPSA) is 64.6 Å². The number of alkyl halides is 2. The lowest BCUT2D eigenvalue weighted by atomic mass is 10.3. The molecule has 0 atom stereocenters. The number of hydrogen-bond acceptors (Lipinski definition) is 6. The number of benzene rings is 2. The molecule has 0 radical (unpaired) electrons. The van der Waals surface area contributed by atoms with Crippen molar-refractivity contribution >= 4 is 34.5 Å². The zero-order chi connectivity index (χ0) is 20.1. The van der Waals surface area contributed by atoms with Crippen LogP contribution in [-0.4, -0.2) is 29.8 Å². The van der Waals surface area contributed by atoms with Gasteiger partial charge in [-0.15, -0.1) is 5.10 Å². The Labute approximate surface area is 168 Å². The molecule has 10 heteroatoms. The lowest BCUT2D eigenvalue weighted by Gasteiger charge is -2.18. The Bertz CT molecular complexity index is 956. The van der Waals surface area contributed by atoms with E-state index in [9.17, 15) is 13.6 Å². The first-order chi connectivity index (χ1) is 13.4. The molecule has 1 amide bonds. The van der Waals surface area contributed by atoms with Crippen molar-refractivity contribution in [1.82, 2.24) is 10.2 Å². The highest BCUT2D eigenvalue weighted by molar-refractivity contribution is 7.13. The second-order valence-corrected chi connectivity index (χ2v) is 6.85. The minimum atomic E-state index is -3.68. The van der Waals surface area contributed by atoms with Crippen LogP contribution in [0, 0.1) is 0 Å². The largest absolute Gasteiger partial charge is 0.459 e. The van der Waals surface area contributed by atoms with Gasteiger partial charge in [-0.3, -0.25) is 4.79 Å². The fourth-order valence-corrected chi connectivity index (χ4v) is 3.01. The third-order valence-corrected chi connectivity index (χ3v) is 4.76. The normalized spacial score (nSPS) is 11.1. The molecule has 6 nitrogen and oxygen atoms in total. The molecule has 0 aliphatic rings. The number of rotatable bonds is 7. The number of carbonyl (C=O) groups is 1. The van der Waals surface area contributed by atoms with Crippen LogP contribution in [0.3, 0.4) is 0 Å². The van der Waals surface area contributed by atoms with Crippen molar-refractivity contribution < 1.29 is 23.0 Å². The fourth-order valence-electron chi connectivity index (χ4n) is 2.14. The highest BCUT2D eigenvalue weighted by Gasteiger charge is 2.39. The van der Waals surface area contributed by atoms with E-state index in [-0.39, 0.29) is 10.9 Å². The molecule has 0 saturated heterocycles. The third kappa shape index (κ3) is 4.73. The van der Waals surface area contributed by atoms with E-state index >= 15 is 0 Å². The Morgan fingerprint density at radius 2 is 1.82 bits per heavy atom. The van der Waals surface area contributed by atoms with Crippen molar-refractivity contribution in [2.24, 2.45) is 0 Å². The van der Waals surface area contributed by atoms with Gasteiger partial charge in [0.25, 0.3) is 11.1 Å². The lowest BCUT2D eigenvalue weighted by Crippen LogP contribution is -2.31. The van der Waals surface area contributed by atoms with Crippen LogP contribution >= 0.6 is 22.9 Å². The molecule has 1 heterocycles. The number of para-hydroxylation sites is 2. The molecule has 28 heavy (non-hydrogen) atoms. The van der Waals surface area contributed by atoms with E-state index in [2.05, 4.69) is 14.9 Å². The van der Waals surface area contributed by atoms with E-state index in [0.29, 0.717) is 22.0 Å². The predicted octanol–water partition coefficient (Wildman–Crippen LogP) is 4.36. The summed E-state index contributed by atoms with van der Waals surface area (Å²) in [7, 11) is 1.53. The van der Waals surface area contributed by atoms with Crippen LogP contribution in [0.5, 0.6) is 10.9 Å². The molecule has 3 aromatic rings. The monoisotopic (exact) mass is 425 g/mol. The zero-order valence-corrected chi connectivity index (χ0v) is 16.1. The summed E-state index contributed by atoms with van der Waals surface area (Å²) < 4.78 is 38.2. The number of likely N-dealkylation sites (N-methyl/N-ethyl adjacent to an activating group) is 1. The van der Waals surface area contributed by atoms with Crippen LogP contribution in [-0.2, 0) is 10.9 Å². The first-order valence-corrected chi connectivity index (χ1v) is 9.16. The molecular weight excluding hydrogens is 412 g/mol. The molecule has 0 unspecified atom stereocenters. The summed E-state index contributed by atoms with van der Waals surface area (Å²) >= 11 is 6.54. The average Bonchev–Trinajstić information content (AvgIpc) is 3.16. The van der Waals surface area contributed by atoms with Crippen LogP contribution in [0.2, 0.25) is 5.02 Å². The molecule has 0 N–H and O–H groups in total. The van der Waals surface area contributed by atoms with Gasteiger partial charge < -0.3 is 14.4 Å². The number of nitrogens with zero attached hydrogens (tertiary/aromatic N) is 3. The van der Waals surface area contributed by atoms with E-state index in [1.807, 2.05) is 0 Å². The Morgan fingerprint density at radius 3 is 2.54 bits per heavy atom. The second kappa shape index (κ2) is 8.49. The zero-order valence-electron chi connectivity index (χ0n) is 14.5. The summed E-state index contributed by atoms with van der Waals surface area (Å²) in [4.78, 5) is 13.5. The number of carbonyl (C=O) groups excluding carboxylic acids is 1. The van der Waals surface area contributed by atoms with Gasteiger partial charge in [0.2, 0.25) is 5.01 Å². The van der Waals surface area contributed by atoms with Gasteiger partial charge >= 0.3 is 6.11 Å². The van der Waals surface area contributed by atoms with Crippen LogP contribution in [0.1, 0.15) is 5.01 Å². The van der Waals surface area contributed by atoms with Crippen molar-refractivity contribution in [3.05, 3.63) is 64.6 Å². The minimum Gasteiger partial charge on any atom is -0.459 e. The first-order valence-electron chi connectivity index (χ1n) is 7.96. The van der Waals surface area contributed by atoms with Crippen molar-refractivity contribution in [2.45, 2.75) is 6.11 Å². The molecule has 1 aromatic heterocycles. The van der Waals surface area contributed by atoms with Crippen molar-refractivity contribution in [3.63, 3.8) is 0 Å². The molecular formula is C18H14ClF2N3O3S. The molecule has 146 valence electrons. The van der Waals surface area contributed by atoms with Crippen molar-refractivity contribution in [1.29, 1.82) is 0 Å². The third-order valence-electron chi connectivity index (χ3n) is 3.55. The van der Waals surface area contributed by atoms with E-state index < -0.39 is 23.6 Å². The van der Waals surface area contributed by atoms with E-state index in [1.165, 1.54) is 24.1 Å². The Balaban J connectivity index is 1.61. The molecule has 2 aromatic carbocycles. The van der Waals surface area contributed by atoms with Gasteiger partial charge in [-0.05, 0) is 35.6 Å². The number of amides is 1. The lowest BCUT2D eigenvalue weighted by molar-refractivity contribution is -0.185. The Morgan fingerprint density at radius 1 is 1.14 bits per heavy atom. The van der Waals surface area contributed by atoms with Gasteiger partial charge in [-0.2, -0.15) is 8.78 Å². The van der Waals surface area contributed by atoms with E-state index in [0.717, 1.165) is 0 Å². The fraction of sp³-hybridized carbons (Fsp3) is 0.167. The first kappa shape index (κ1) is 20.0. The Hall–Kier alpha value is -2.78. The number of hydrogen-bond donors (Lipinski definition) is 0. The van der Waals surface area contributed by atoms with Gasteiger partial charge in [0.1, 0.15) is 5.75 Å². The molecule has 0 fully saturated rings. The standard InChI is InChI=1S/C18H14ClF2N3O3S/c1-24(14-10-6-5-9-13(14)19)15(25)11-26-17-23-22-16(28-17)18(20,21)27-12-7-3-2-4-8-12/h2-10H,11H2,1H3. The number of aromatic nitrogens is 2. The highest BCUT2D eigenvalue weighted by atomic mass is 35.5. The number of ether oxygens (including phenoxy) is 2. The van der Waals surface area contributed by atoms with Gasteiger partial charge in [-0.25, -0.2) is 0 Å². The summed E-state index contributed by atoms with van der Waals surface area (Å²) in [6.07, 6.45) is -3.68. The summed E-state index contributed by atoms with van der Waals surface area (Å²) in [5.74, 6) is -0.446. The minimum absolute atomic E-state index is 0.0123. The smallest absolute Gasteiger partial charge is 0.456 e. The summed E-state index contributed by atoms with van der Waals surface area (Å²) in [6, 6.07) is 14.4. The maximum Gasteiger partial charge on any atom is 0.456 e. The average molecular weight is 426 g/mol. The second-order valence-electron chi connectivity index (χ2n) is 5.50. The van der Waals surface area contributed by atoms with Crippen LogP contribution < -0.4 is 14.4 Å². The van der Waals surface area contributed by atoms with Gasteiger partial charge in [0.05, 0.1) is 10.7 Å². The van der Waals surface area contributed by atoms with Gasteiger partial charge in [-0.1, -0.05) is 47.0 Å². The van der Waals surface area contributed by atoms with E-state index in [1.54, 1.807) is 42.5 Å². The van der Waals surface area contributed by atoms with Crippen LogP contribution in [0.15, 0.2) is 54.6 Å². The van der Waals surface area contributed by atoms with Crippen molar-refractivity contribution in [3.8, 4) is 10.9 Å². The summed E-state index contributed by atoms with van der Waals surface area (Å²) in [5.41, 5.74) is 0.499. The predicted molar refractivity (Wildman–Crippen MR) is 101 cm³/mol. The van der Waals surface area contributed by atoms with Crippen molar-refractivity contribution in [2.75, 3.05) is 18.6 Å². The van der Waals surface area contributed by atoms with Crippen LogP contribution in [0.4, 0.5) is 14.5 Å². The Kier molecular flexibility index (Phi) is 6.05. The quantitative estimate of drug-likeness (QED) is 0.562. The van der Waals surface area contributed by atoms with Gasteiger partial charge in [0, 0.05) is 7.05 Å². The maximum atomic E-state index is 14.2. The SMILES string of the molecule is CN(C(=O)COc1nnc(C(F)(F)Oc2ccccc2)s1)c1ccccc1Cl.